The molecule has 3 saturated heterocycles. The maximum atomic E-state index is 13.9. The average Bonchev–Trinajstić information content (AvgIpc) is 3.43. The van der Waals surface area contributed by atoms with Crippen LogP contribution < -0.4 is 9.64 Å². The molecule has 3 fully saturated rings. The van der Waals surface area contributed by atoms with Crippen molar-refractivity contribution in [3.05, 3.63) is 71.8 Å². The average molecular weight is 467 g/mol. The van der Waals surface area contributed by atoms with E-state index < -0.39 is 23.0 Å². The number of nitriles is 1. The first-order valence-electron chi connectivity index (χ1n) is 12.1. The first kappa shape index (κ1) is 21.8. The van der Waals surface area contributed by atoms with E-state index in [1.165, 1.54) is 4.90 Å². The van der Waals surface area contributed by atoms with Gasteiger partial charge >= 0.3 is 0 Å². The number of imide groups is 1. The molecular weight excluding hydrogens is 440 g/mol. The van der Waals surface area contributed by atoms with Crippen molar-refractivity contribution in [1.82, 2.24) is 0 Å². The fraction of sp³-hybridized carbons (Fsp3) is 0.345. The van der Waals surface area contributed by atoms with Gasteiger partial charge in [-0.3, -0.25) is 9.59 Å². The number of hydrogen-bond acceptors (Lipinski definition) is 5. The molecule has 6 heteroatoms. The van der Waals surface area contributed by atoms with Crippen molar-refractivity contribution in [3.63, 3.8) is 0 Å². The number of amides is 2. The van der Waals surface area contributed by atoms with Gasteiger partial charge in [-0.25, -0.2) is 4.90 Å². The van der Waals surface area contributed by atoms with Crippen LogP contribution in [-0.2, 0) is 14.3 Å². The number of hydrogen-bond donors (Lipinski definition) is 0. The summed E-state index contributed by atoms with van der Waals surface area (Å²) in [5.41, 5.74) is 0.792. The Morgan fingerprint density at radius 3 is 2.57 bits per heavy atom. The first-order chi connectivity index (χ1) is 16.9. The Morgan fingerprint density at radius 2 is 1.80 bits per heavy atom. The van der Waals surface area contributed by atoms with Gasteiger partial charge in [-0.05, 0) is 56.5 Å². The second-order valence-electron chi connectivity index (χ2n) is 10.2. The third kappa shape index (κ3) is 3.11. The van der Waals surface area contributed by atoms with Crippen LogP contribution in [0.15, 0.2) is 60.7 Å². The third-order valence-corrected chi connectivity index (χ3v) is 8.06. The summed E-state index contributed by atoms with van der Waals surface area (Å²) < 4.78 is 12.5. The molecule has 0 spiro atoms. The smallest absolute Gasteiger partial charge is 0.240 e. The first-order valence-corrected chi connectivity index (χ1v) is 12.1. The monoisotopic (exact) mass is 466 g/mol. The van der Waals surface area contributed by atoms with E-state index in [0.717, 1.165) is 34.9 Å². The van der Waals surface area contributed by atoms with E-state index in [9.17, 15) is 14.9 Å². The van der Waals surface area contributed by atoms with Crippen molar-refractivity contribution in [1.29, 1.82) is 5.26 Å². The minimum atomic E-state index is -0.715. The molecule has 4 atom stereocenters. The van der Waals surface area contributed by atoms with Gasteiger partial charge in [-0.15, -0.1) is 0 Å². The molecule has 3 aromatic rings. The molecule has 3 aliphatic rings. The number of carbonyl (C=O) groups excluding carboxylic acids is 2. The second-order valence-corrected chi connectivity index (χ2v) is 10.2. The van der Waals surface area contributed by atoms with Crippen LogP contribution in [0.3, 0.4) is 0 Å². The Labute approximate surface area is 204 Å². The van der Waals surface area contributed by atoms with Gasteiger partial charge in [0.05, 0.1) is 47.0 Å². The van der Waals surface area contributed by atoms with Gasteiger partial charge in [0, 0.05) is 17.2 Å². The number of aryl methyl sites for hydroxylation is 1. The number of carbonyl (C=O) groups is 2. The Balaban J connectivity index is 1.34. The Morgan fingerprint density at radius 1 is 1.03 bits per heavy atom. The highest BCUT2D eigenvalue weighted by Gasteiger charge is 2.73. The van der Waals surface area contributed by atoms with Crippen LogP contribution in [0.4, 0.5) is 5.69 Å². The highest BCUT2D eigenvalue weighted by atomic mass is 16.5. The van der Waals surface area contributed by atoms with Crippen LogP contribution in [0.1, 0.15) is 37.3 Å². The summed E-state index contributed by atoms with van der Waals surface area (Å²) >= 11 is 0. The topological polar surface area (TPSA) is 79.6 Å². The van der Waals surface area contributed by atoms with Gasteiger partial charge in [0.15, 0.2) is 0 Å². The summed E-state index contributed by atoms with van der Waals surface area (Å²) in [4.78, 5) is 29.1. The lowest BCUT2D eigenvalue weighted by atomic mass is 9.67. The van der Waals surface area contributed by atoms with Crippen molar-refractivity contribution < 1.29 is 19.1 Å². The van der Waals surface area contributed by atoms with Crippen LogP contribution in [0, 0.1) is 30.1 Å². The van der Waals surface area contributed by atoms with Gasteiger partial charge in [-0.2, -0.15) is 5.26 Å². The Hall–Kier alpha value is -3.69. The molecule has 2 amide bonds. The molecule has 0 unspecified atom stereocenters. The quantitative estimate of drug-likeness (QED) is 0.499. The van der Waals surface area contributed by atoms with Crippen LogP contribution in [0.25, 0.3) is 10.8 Å². The summed E-state index contributed by atoms with van der Waals surface area (Å²) in [5.74, 6) is -0.690. The molecule has 3 aliphatic heterocycles. The van der Waals surface area contributed by atoms with Gasteiger partial charge in [0.2, 0.25) is 11.8 Å². The minimum absolute atomic E-state index is 0.210. The van der Waals surface area contributed by atoms with Crippen molar-refractivity contribution in [2.24, 2.45) is 11.8 Å². The van der Waals surface area contributed by atoms with E-state index in [4.69, 9.17) is 9.47 Å². The Kier molecular flexibility index (Phi) is 4.77. The highest BCUT2D eigenvalue weighted by Crippen LogP contribution is 2.62. The number of benzene rings is 3. The molecule has 0 saturated carbocycles. The van der Waals surface area contributed by atoms with Crippen molar-refractivity contribution in [2.75, 3.05) is 11.5 Å². The van der Waals surface area contributed by atoms with Crippen LogP contribution in [-0.4, -0.2) is 29.6 Å². The molecule has 176 valence electrons. The lowest BCUT2D eigenvalue weighted by molar-refractivity contribution is -0.131. The zero-order valence-electron chi connectivity index (χ0n) is 19.8. The molecular formula is C29H26N2O4. The van der Waals surface area contributed by atoms with E-state index in [1.807, 2.05) is 62.4 Å². The second kappa shape index (κ2) is 7.66. The van der Waals surface area contributed by atoms with E-state index in [0.29, 0.717) is 24.3 Å². The van der Waals surface area contributed by atoms with Crippen LogP contribution in [0.5, 0.6) is 5.75 Å². The molecule has 3 aromatic carbocycles. The molecule has 0 N–H and O–H groups in total. The van der Waals surface area contributed by atoms with E-state index in [-0.39, 0.29) is 11.8 Å². The van der Waals surface area contributed by atoms with Gasteiger partial charge < -0.3 is 9.47 Å². The van der Waals surface area contributed by atoms with Crippen LogP contribution >= 0.6 is 0 Å². The summed E-state index contributed by atoms with van der Waals surface area (Å²) in [6, 6.07) is 20.9. The number of nitrogens with zero attached hydrogens (tertiary/aromatic N) is 2. The molecule has 0 aromatic heterocycles. The highest BCUT2D eigenvalue weighted by molar-refractivity contribution is 6.26. The summed E-state index contributed by atoms with van der Waals surface area (Å²) in [6.07, 6.45) is 2.00. The third-order valence-electron chi connectivity index (χ3n) is 8.06. The molecule has 0 aliphatic carbocycles. The molecule has 6 rings (SSSR count). The molecule has 3 heterocycles. The zero-order chi connectivity index (χ0) is 24.4. The van der Waals surface area contributed by atoms with Gasteiger partial charge in [0.1, 0.15) is 5.75 Å². The van der Waals surface area contributed by atoms with Crippen molar-refractivity contribution >= 4 is 28.3 Å². The van der Waals surface area contributed by atoms with Gasteiger partial charge in [-0.1, -0.05) is 36.4 Å². The SMILES string of the molecule is Cc1cccc(OCC[C@@]23CC[C@@](C)(O2)[C@H]2C(=O)N(c4ccc(C#N)c5ccccc45)C(=O)[C@H]23)c1. The summed E-state index contributed by atoms with van der Waals surface area (Å²) in [7, 11) is 0. The normalized spacial score (nSPS) is 29.0. The number of rotatable bonds is 5. The molecule has 2 bridgehead atoms. The minimum Gasteiger partial charge on any atom is -0.493 e. The zero-order valence-corrected chi connectivity index (χ0v) is 19.8. The van der Waals surface area contributed by atoms with Crippen LogP contribution in [0.2, 0.25) is 0 Å². The number of fused-ring (bicyclic) bond motifs is 6. The largest absolute Gasteiger partial charge is 0.493 e. The predicted molar refractivity (Wildman–Crippen MR) is 131 cm³/mol. The fourth-order valence-corrected chi connectivity index (χ4v) is 6.47. The lowest BCUT2D eigenvalue weighted by Gasteiger charge is -2.31. The fourth-order valence-electron chi connectivity index (χ4n) is 6.47. The summed E-state index contributed by atoms with van der Waals surface area (Å²) in [6.45, 7) is 4.39. The maximum Gasteiger partial charge on any atom is 0.240 e. The molecule has 6 nitrogen and oxygen atoms in total. The Bertz CT molecular complexity index is 1430. The standard InChI is InChI=1S/C29H26N2O4/c1-18-6-5-7-20(16-18)34-15-14-29-13-12-28(2,35-29)24-25(29)27(33)31(26(24)32)23-11-10-19(17-30)21-8-3-4-9-22(21)23/h3-11,16,24-25H,12-15H2,1-2H3/t24-,25+,28-,29-/m1/s1. The number of ether oxygens (including phenoxy) is 2. The predicted octanol–water partition coefficient (Wildman–Crippen LogP) is 4.92. The lowest BCUT2D eigenvalue weighted by Crippen LogP contribution is -2.43. The van der Waals surface area contributed by atoms with E-state index >= 15 is 0 Å². The van der Waals surface area contributed by atoms with E-state index in [2.05, 4.69) is 6.07 Å². The summed E-state index contributed by atoms with van der Waals surface area (Å²) in [5, 5.41) is 11.0. The van der Waals surface area contributed by atoms with Crippen molar-refractivity contribution in [3.8, 4) is 11.8 Å². The molecule has 0 radical (unpaired) electrons. The molecule has 35 heavy (non-hydrogen) atoms. The van der Waals surface area contributed by atoms with Crippen molar-refractivity contribution in [2.45, 2.75) is 44.3 Å². The van der Waals surface area contributed by atoms with Gasteiger partial charge in [0.25, 0.3) is 0 Å². The number of anilines is 1. The maximum absolute atomic E-state index is 13.9. The van der Waals surface area contributed by atoms with E-state index in [1.54, 1.807) is 12.1 Å².